The Morgan fingerprint density at radius 2 is 1.86 bits per heavy atom. The molecule has 1 aromatic rings. The fraction of sp³-hybridized carbons (Fsp3) is 0.562. The Kier molecular flexibility index (Phi) is 4.84. The van der Waals surface area contributed by atoms with Gasteiger partial charge in [-0.25, -0.2) is 0 Å². The van der Waals surface area contributed by atoms with Crippen molar-refractivity contribution in [3.63, 3.8) is 0 Å². The predicted octanol–water partition coefficient (Wildman–Crippen LogP) is 2.84. The molecule has 0 fully saturated rings. The lowest BCUT2D eigenvalue weighted by molar-refractivity contribution is 0.372. The Labute approximate surface area is 127 Å². The Bertz CT molecular complexity index is 635. The second-order valence-electron chi connectivity index (χ2n) is 5.96. The van der Waals surface area contributed by atoms with E-state index >= 15 is 0 Å². The first-order valence-electron chi connectivity index (χ1n) is 7.56. The monoisotopic (exact) mass is 308 g/mol. The maximum Gasteiger partial charge on any atom is 0.283 e. The van der Waals surface area contributed by atoms with Crippen LogP contribution in [0.4, 0.5) is 0 Å². The molecule has 0 bridgehead atoms. The van der Waals surface area contributed by atoms with Crippen LogP contribution in [0.3, 0.4) is 0 Å². The van der Waals surface area contributed by atoms with Gasteiger partial charge in [0.05, 0.1) is 10.6 Å². The Morgan fingerprint density at radius 1 is 1.19 bits per heavy atom. The van der Waals surface area contributed by atoms with Gasteiger partial charge in [0.25, 0.3) is 10.0 Å². The number of fused-ring (bicyclic) bond motifs is 1. The van der Waals surface area contributed by atoms with E-state index in [1.165, 1.54) is 0 Å². The second-order valence-corrected chi connectivity index (χ2v) is 7.53. The van der Waals surface area contributed by atoms with Crippen LogP contribution < -0.4 is 5.32 Å². The van der Waals surface area contributed by atoms with Gasteiger partial charge < -0.3 is 5.32 Å². The number of benzene rings is 1. The summed E-state index contributed by atoms with van der Waals surface area (Å²) in [5.41, 5.74) is 1.47. The van der Waals surface area contributed by atoms with Gasteiger partial charge in [0.1, 0.15) is 0 Å². The van der Waals surface area contributed by atoms with Crippen LogP contribution in [0.5, 0.6) is 0 Å². The van der Waals surface area contributed by atoms with Crippen LogP contribution in [0.25, 0.3) is 0 Å². The van der Waals surface area contributed by atoms with Crippen molar-refractivity contribution in [3.05, 3.63) is 29.8 Å². The van der Waals surface area contributed by atoms with Crippen molar-refractivity contribution in [2.24, 2.45) is 16.2 Å². The molecule has 0 saturated heterocycles. The molecule has 1 aliphatic heterocycles. The Morgan fingerprint density at radius 3 is 2.48 bits per heavy atom. The smallest absolute Gasteiger partial charge is 0.283 e. The van der Waals surface area contributed by atoms with Gasteiger partial charge in [0.2, 0.25) is 0 Å². The number of nitrogens with one attached hydrogen (secondary N) is 1. The summed E-state index contributed by atoms with van der Waals surface area (Å²) >= 11 is 0. The summed E-state index contributed by atoms with van der Waals surface area (Å²) in [6, 6.07) is 7.31. The third-order valence-corrected chi connectivity index (χ3v) is 5.30. The molecule has 1 N–H and O–H groups in total. The van der Waals surface area contributed by atoms with Gasteiger partial charge in [-0.1, -0.05) is 39.0 Å². The van der Waals surface area contributed by atoms with Gasteiger partial charge in [0.15, 0.2) is 0 Å². The van der Waals surface area contributed by atoms with Gasteiger partial charge in [-0.15, -0.1) is 0 Å². The van der Waals surface area contributed by atoms with Crippen LogP contribution in [-0.2, 0) is 10.0 Å². The first kappa shape index (κ1) is 16.2. The predicted molar refractivity (Wildman–Crippen MR) is 86.2 cm³/mol. The summed E-state index contributed by atoms with van der Waals surface area (Å²) in [7, 11) is -3.53. The summed E-state index contributed by atoms with van der Waals surface area (Å²) in [6.45, 7) is 9.38. The normalized spacial score (nSPS) is 19.2. The zero-order valence-electron chi connectivity index (χ0n) is 13.1. The molecule has 116 valence electrons. The molecule has 1 heterocycles. The molecule has 0 spiro atoms. The lowest BCUT2D eigenvalue weighted by Gasteiger charge is -2.28. The number of rotatable bonds is 6. The molecule has 0 saturated carbocycles. The number of nitrogens with zero attached hydrogens (tertiary/aromatic N) is 1. The summed E-state index contributed by atoms with van der Waals surface area (Å²) in [5, 5.41) is 3.47. The van der Waals surface area contributed by atoms with Gasteiger partial charge in [-0.2, -0.15) is 12.8 Å². The van der Waals surface area contributed by atoms with Crippen molar-refractivity contribution in [3.8, 4) is 0 Å². The van der Waals surface area contributed by atoms with Gasteiger partial charge in [-0.05, 0) is 31.9 Å². The van der Waals surface area contributed by atoms with E-state index in [0.717, 1.165) is 18.5 Å². The molecular weight excluding hydrogens is 284 g/mol. The SMILES string of the molecule is CCCNC(C)C(C1=NS(=O)(=O)c2ccccc21)C(C)C. The summed E-state index contributed by atoms with van der Waals surface area (Å²) in [4.78, 5) is 0.341. The van der Waals surface area contributed by atoms with E-state index in [1.54, 1.807) is 12.1 Å². The van der Waals surface area contributed by atoms with Crippen LogP contribution in [0.15, 0.2) is 33.6 Å². The minimum Gasteiger partial charge on any atom is -0.314 e. The first-order valence-corrected chi connectivity index (χ1v) is 9.00. The fourth-order valence-electron chi connectivity index (χ4n) is 3.00. The minimum absolute atomic E-state index is 0.0787. The lowest BCUT2D eigenvalue weighted by Crippen LogP contribution is -2.41. The summed E-state index contributed by atoms with van der Waals surface area (Å²) in [6.07, 6.45) is 1.05. The molecule has 2 rings (SSSR count). The minimum atomic E-state index is -3.53. The van der Waals surface area contributed by atoms with E-state index in [2.05, 4.69) is 37.4 Å². The standard InChI is InChI=1S/C16H24N2O2S/c1-5-10-17-12(4)15(11(2)3)16-13-8-6-7-9-14(13)21(19,20)18-16/h6-9,11-12,15,17H,5,10H2,1-4H3. The third kappa shape index (κ3) is 3.19. The van der Waals surface area contributed by atoms with Crippen LogP contribution in [0, 0.1) is 11.8 Å². The van der Waals surface area contributed by atoms with Crippen LogP contribution in [-0.4, -0.2) is 26.7 Å². The van der Waals surface area contributed by atoms with Crippen molar-refractivity contribution < 1.29 is 8.42 Å². The number of sulfonamides is 1. The highest BCUT2D eigenvalue weighted by molar-refractivity contribution is 7.90. The summed E-state index contributed by atoms with van der Waals surface area (Å²) < 4.78 is 28.5. The van der Waals surface area contributed by atoms with E-state index in [9.17, 15) is 8.42 Å². The van der Waals surface area contributed by atoms with E-state index < -0.39 is 10.0 Å². The molecule has 1 aliphatic rings. The molecule has 5 heteroatoms. The Balaban J connectivity index is 2.43. The lowest BCUT2D eigenvalue weighted by atomic mass is 9.82. The van der Waals surface area contributed by atoms with Crippen molar-refractivity contribution >= 4 is 15.7 Å². The number of hydrogen-bond donors (Lipinski definition) is 1. The molecule has 2 atom stereocenters. The summed E-state index contributed by atoms with van der Waals surface area (Å²) in [5.74, 6) is 0.388. The molecule has 2 unspecified atom stereocenters. The van der Waals surface area contributed by atoms with Crippen LogP contribution in [0.1, 0.15) is 39.7 Å². The molecule has 0 amide bonds. The zero-order chi connectivity index (χ0) is 15.6. The Hall–Kier alpha value is -1.20. The maximum absolute atomic E-state index is 12.2. The van der Waals surface area contributed by atoms with E-state index in [-0.39, 0.29) is 12.0 Å². The molecule has 1 aromatic carbocycles. The third-order valence-electron chi connectivity index (χ3n) is 3.95. The number of hydrogen-bond acceptors (Lipinski definition) is 3. The topological polar surface area (TPSA) is 58.5 Å². The van der Waals surface area contributed by atoms with Crippen molar-refractivity contribution in [2.75, 3.05) is 6.54 Å². The van der Waals surface area contributed by atoms with Crippen LogP contribution >= 0.6 is 0 Å². The average molecular weight is 308 g/mol. The highest BCUT2D eigenvalue weighted by atomic mass is 32.2. The molecule has 4 nitrogen and oxygen atoms in total. The van der Waals surface area contributed by atoms with Gasteiger partial charge in [0, 0.05) is 17.5 Å². The largest absolute Gasteiger partial charge is 0.314 e. The quantitative estimate of drug-likeness (QED) is 0.879. The molecular formula is C16H24N2O2S. The van der Waals surface area contributed by atoms with Crippen molar-refractivity contribution in [1.82, 2.24) is 5.32 Å². The van der Waals surface area contributed by atoms with Crippen molar-refractivity contribution in [2.45, 2.75) is 45.1 Å². The highest BCUT2D eigenvalue weighted by Crippen LogP contribution is 2.32. The van der Waals surface area contributed by atoms with E-state index in [0.29, 0.717) is 16.5 Å². The first-order chi connectivity index (χ1) is 9.88. The highest BCUT2D eigenvalue weighted by Gasteiger charge is 2.36. The molecule has 0 radical (unpaired) electrons. The van der Waals surface area contributed by atoms with Gasteiger partial charge >= 0.3 is 0 Å². The molecule has 0 aromatic heterocycles. The average Bonchev–Trinajstić information content (AvgIpc) is 2.69. The molecule has 0 aliphatic carbocycles. The molecule has 21 heavy (non-hydrogen) atoms. The van der Waals surface area contributed by atoms with E-state index in [1.807, 2.05) is 12.1 Å². The van der Waals surface area contributed by atoms with Crippen molar-refractivity contribution in [1.29, 1.82) is 0 Å². The maximum atomic E-state index is 12.2. The second kappa shape index (κ2) is 6.28. The fourth-order valence-corrected chi connectivity index (χ4v) is 4.28. The zero-order valence-corrected chi connectivity index (χ0v) is 13.9. The van der Waals surface area contributed by atoms with E-state index in [4.69, 9.17) is 0 Å². The van der Waals surface area contributed by atoms with Crippen LogP contribution in [0.2, 0.25) is 0 Å². The van der Waals surface area contributed by atoms with Gasteiger partial charge in [-0.3, -0.25) is 0 Å².